The standard InChI is InChI=1S/C13H28N2/c1-12(2)11-15(10-6-9-14)13-7-4-3-5-8-13/h12-13H,3-11,14H2,1-2H3. The summed E-state index contributed by atoms with van der Waals surface area (Å²) in [5, 5.41) is 0. The number of hydrogen-bond acceptors (Lipinski definition) is 2. The number of nitrogens with zero attached hydrogens (tertiary/aromatic N) is 1. The van der Waals surface area contributed by atoms with Crippen molar-refractivity contribution in [2.45, 2.75) is 58.4 Å². The smallest absolute Gasteiger partial charge is 0.00953 e. The Kier molecular flexibility index (Phi) is 6.26. The molecule has 0 heterocycles. The topological polar surface area (TPSA) is 29.3 Å². The second-order valence-electron chi connectivity index (χ2n) is 5.32. The van der Waals surface area contributed by atoms with Gasteiger partial charge in [-0.15, -0.1) is 0 Å². The van der Waals surface area contributed by atoms with Crippen LogP contribution in [0.15, 0.2) is 0 Å². The minimum absolute atomic E-state index is 0.782. The molecule has 0 atom stereocenters. The Morgan fingerprint density at radius 2 is 1.87 bits per heavy atom. The van der Waals surface area contributed by atoms with Crippen LogP contribution in [0, 0.1) is 5.92 Å². The summed E-state index contributed by atoms with van der Waals surface area (Å²) in [5.74, 6) is 0.782. The zero-order chi connectivity index (χ0) is 11.1. The minimum atomic E-state index is 0.782. The molecule has 0 aromatic heterocycles. The van der Waals surface area contributed by atoms with Crippen LogP contribution in [0.3, 0.4) is 0 Å². The lowest BCUT2D eigenvalue weighted by atomic mass is 9.93. The van der Waals surface area contributed by atoms with Gasteiger partial charge in [-0.1, -0.05) is 33.1 Å². The van der Waals surface area contributed by atoms with Gasteiger partial charge in [0.25, 0.3) is 0 Å². The molecule has 2 nitrogen and oxygen atoms in total. The quantitative estimate of drug-likeness (QED) is 0.733. The molecule has 0 unspecified atom stereocenters. The summed E-state index contributed by atoms with van der Waals surface area (Å²) < 4.78 is 0. The largest absolute Gasteiger partial charge is 0.330 e. The van der Waals surface area contributed by atoms with E-state index in [-0.39, 0.29) is 0 Å². The lowest BCUT2D eigenvalue weighted by Gasteiger charge is -2.35. The molecule has 0 aliphatic heterocycles. The molecule has 0 aromatic rings. The van der Waals surface area contributed by atoms with Crippen molar-refractivity contribution >= 4 is 0 Å². The Labute approximate surface area is 95.2 Å². The van der Waals surface area contributed by atoms with Crippen molar-refractivity contribution in [3.05, 3.63) is 0 Å². The van der Waals surface area contributed by atoms with Crippen LogP contribution in [-0.2, 0) is 0 Å². The molecular formula is C13H28N2. The molecule has 1 saturated carbocycles. The Balaban J connectivity index is 2.37. The van der Waals surface area contributed by atoms with Gasteiger partial charge in [-0.2, -0.15) is 0 Å². The molecular weight excluding hydrogens is 184 g/mol. The van der Waals surface area contributed by atoms with Crippen LogP contribution in [0.5, 0.6) is 0 Å². The third-order valence-corrected chi connectivity index (χ3v) is 3.34. The molecule has 1 aliphatic carbocycles. The summed E-state index contributed by atoms with van der Waals surface area (Å²) in [4.78, 5) is 2.69. The van der Waals surface area contributed by atoms with E-state index in [0.29, 0.717) is 0 Å². The Hall–Kier alpha value is -0.0800. The Morgan fingerprint density at radius 1 is 1.20 bits per heavy atom. The van der Waals surface area contributed by atoms with E-state index in [2.05, 4.69) is 18.7 Å². The van der Waals surface area contributed by atoms with Crippen LogP contribution in [-0.4, -0.2) is 30.6 Å². The highest BCUT2D eigenvalue weighted by molar-refractivity contribution is 4.76. The van der Waals surface area contributed by atoms with Gasteiger partial charge in [-0.3, -0.25) is 0 Å². The van der Waals surface area contributed by atoms with Crippen LogP contribution < -0.4 is 5.73 Å². The summed E-state index contributed by atoms with van der Waals surface area (Å²) in [6, 6.07) is 0.854. The predicted octanol–water partition coefficient (Wildman–Crippen LogP) is 2.63. The summed E-state index contributed by atoms with van der Waals surface area (Å²) in [6.07, 6.45) is 8.30. The third-order valence-electron chi connectivity index (χ3n) is 3.34. The monoisotopic (exact) mass is 212 g/mol. The fourth-order valence-corrected chi connectivity index (χ4v) is 2.63. The van der Waals surface area contributed by atoms with E-state index in [9.17, 15) is 0 Å². The first-order valence-corrected chi connectivity index (χ1v) is 6.68. The van der Waals surface area contributed by atoms with Gasteiger partial charge in [0, 0.05) is 12.6 Å². The van der Waals surface area contributed by atoms with Gasteiger partial charge in [-0.25, -0.2) is 0 Å². The van der Waals surface area contributed by atoms with Gasteiger partial charge < -0.3 is 10.6 Å². The van der Waals surface area contributed by atoms with E-state index in [1.54, 1.807) is 0 Å². The van der Waals surface area contributed by atoms with Crippen LogP contribution in [0.25, 0.3) is 0 Å². The van der Waals surface area contributed by atoms with Crippen molar-refractivity contribution in [2.24, 2.45) is 11.7 Å². The SMILES string of the molecule is CC(C)CN(CCCN)C1CCCCC1. The average Bonchev–Trinajstić information content (AvgIpc) is 2.25. The van der Waals surface area contributed by atoms with Crippen molar-refractivity contribution < 1.29 is 0 Å². The second-order valence-corrected chi connectivity index (χ2v) is 5.32. The molecule has 0 aromatic carbocycles. The second kappa shape index (κ2) is 7.24. The van der Waals surface area contributed by atoms with Gasteiger partial charge in [0.15, 0.2) is 0 Å². The van der Waals surface area contributed by atoms with Gasteiger partial charge in [0.2, 0.25) is 0 Å². The first kappa shape index (κ1) is 13.0. The summed E-state index contributed by atoms with van der Waals surface area (Å²) >= 11 is 0. The maximum Gasteiger partial charge on any atom is 0.00953 e. The van der Waals surface area contributed by atoms with E-state index in [4.69, 9.17) is 5.73 Å². The van der Waals surface area contributed by atoms with Gasteiger partial charge in [-0.05, 0) is 38.3 Å². The third kappa shape index (κ3) is 4.98. The van der Waals surface area contributed by atoms with E-state index in [1.165, 1.54) is 45.2 Å². The lowest BCUT2D eigenvalue weighted by molar-refractivity contribution is 0.139. The van der Waals surface area contributed by atoms with Crippen LogP contribution in [0.2, 0.25) is 0 Å². The molecule has 0 saturated heterocycles. The normalized spacial score (nSPS) is 19.0. The van der Waals surface area contributed by atoms with E-state index >= 15 is 0 Å². The van der Waals surface area contributed by atoms with E-state index in [0.717, 1.165) is 24.9 Å². The van der Waals surface area contributed by atoms with Crippen molar-refractivity contribution in [3.8, 4) is 0 Å². The molecule has 0 spiro atoms. The van der Waals surface area contributed by atoms with Crippen molar-refractivity contribution in [1.29, 1.82) is 0 Å². The molecule has 1 aliphatic rings. The number of nitrogens with two attached hydrogens (primary N) is 1. The molecule has 2 heteroatoms. The molecule has 1 rings (SSSR count). The zero-order valence-corrected chi connectivity index (χ0v) is 10.5. The van der Waals surface area contributed by atoms with E-state index in [1.807, 2.05) is 0 Å². The molecule has 2 N–H and O–H groups in total. The summed E-state index contributed by atoms with van der Waals surface area (Å²) in [5.41, 5.74) is 5.61. The van der Waals surface area contributed by atoms with Crippen LogP contribution in [0.4, 0.5) is 0 Å². The van der Waals surface area contributed by atoms with Crippen molar-refractivity contribution in [1.82, 2.24) is 4.90 Å². The fraction of sp³-hybridized carbons (Fsp3) is 1.00. The van der Waals surface area contributed by atoms with Crippen molar-refractivity contribution in [3.63, 3.8) is 0 Å². The van der Waals surface area contributed by atoms with Crippen LogP contribution in [0.1, 0.15) is 52.4 Å². The molecule has 0 bridgehead atoms. The van der Waals surface area contributed by atoms with Gasteiger partial charge in [0.05, 0.1) is 0 Å². The summed E-state index contributed by atoms with van der Waals surface area (Å²) in [7, 11) is 0. The summed E-state index contributed by atoms with van der Waals surface area (Å²) in [6.45, 7) is 7.93. The highest BCUT2D eigenvalue weighted by Crippen LogP contribution is 2.23. The van der Waals surface area contributed by atoms with Gasteiger partial charge >= 0.3 is 0 Å². The average molecular weight is 212 g/mol. The maximum atomic E-state index is 5.61. The predicted molar refractivity (Wildman–Crippen MR) is 67.0 cm³/mol. The Morgan fingerprint density at radius 3 is 2.40 bits per heavy atom. The van der Waals surface area contributed by atoms with Crippen LogP contribution >= 0.6 is 0 Å². The molecule has 15 heavy (non-hydrogen) atoms. The molecule has 1 fully saturated rings. The number of rotatable bonds is 6. The molecule has 0 radical (unpaired) electrons. The van der Waals surface area contributed by atoms with E-state index < -0.39 is 0 Å². The Bertz CT molecular complexity index is 151. The molecule has 90 valence electrons. The highest BCUT2D eigenvalue weighted by atomic mass is 15.2. The first-order chi connectivity index (χ1) is 7.24. The lowest BCUT2D eigenvalue weighted by Crippen LogP contribution is -2.40. The maximum absolute atomic E-state index is 5.61. The first-order valence-electron chi connectivity index (χ1n) is 6.68. The minimum Gasteiger partial charge on any atom is -0.330 e. The fourth-order valence-electron chi connectivity index (χ4n) is 2.63. The number of hydrogen-bond donors (Lipinski definition) is 1. The van der Waals surface area contributed by atoms with Gasteiger partial charge in [0.1, 0.15) is 0 Å². The van der Waals surface area contributed by atoms with Crippen molar-refractivity contribution in [2.75, 3.05) is 19.6 Å². The zero-order valence-electron chi connectivity index (χ0n) is 10.5. The molecule has 0 amide bonds. The highest BCUT2D eigenvalue weighted by Gasteiger charge is 2.20.